The zero-order valence-electron chi connectivity index (χ0n) is 11.7. The summed E-state index contributed by atoms with van der Waals surface area (Å²) >= 11 is 0. The molecule has 0 amide bonds. The highest BCUT2D eigenvalue weighted by Gasteiger charge is 2.31. The van der Waals surface area contributed by atoms with Crippen molar-refractivity contribution in [3.63, 3.8) is 0 Å². The largest absolute Gasteiger partial charge is 0.389 e. The van der Waals surface area contributed by atoms with E-state index in [1.165, 1.54) is 19.3 Å². The Kier molecular flexibility index (Phi) is 7.15. The van der Waals surface area contributed by atoms with E-state index >= 15 is 0 Å². The Balaban J connectivity index is 2.40. The van der Waals surface area contributed by atoms with Crippen LogP contribution in [0.15, 0.2) is 0 Å². The molecule has 2 nitrogen and oxygen atoms in total. The first kappa shape index (κ1) is 16.8. The summed E-state index contributed by atoms with van der Waals surface area (Å²) in [4.78, 5) is 0. The SMILES string of the molecule is CCOC(C(N)CCCC(F)(F)F)C1CCCCC1. The van der Waals surface area contributed by atoms with Crippen LogP contribution in [0.25, 0.3) is 0 Å². The monoisotopic (exact) mass is 281 g/mol. The van der Waals surface area contributed by atoms with Gasteiger partial charge in [0, 0.05) is 19.1 Å². The molecule has 0 aliphatic heterocycles. The zero-order chi connectivity index (χ0) is 14.3. The lowest BCUT2D eigenvalue weighted by molar-refractivity contribution is -0.136. The summed E-state index contributed by atoms with van der Waals surface area (Å²) in [6, 6.07) is -0.273. The number of ether oxygens (including phenoxy) is 1. The Morgan fingerprint density at radius 2 is 1.84 bits per heavy atom. The smallest absolute Gasteiger partial charge is 0.377 e. The molecule has 1 fully saturated rings. The van der Waals surface area contributed by atoms with Crippen LogP contribution in [-0.2, 0) is 4.74 Å². The highest BCUT2D eigenvalue weighted by Crippen LogP contribution is 2.31. The van der Waals surface area contributed by atoms with Gasteiger partial charge in [0.1, 0.15) is 0 Å². The van der Waals surface area contributed by atoms with E-state index in [9.17, 15) is 13.2 Å². The summed E-state index contributed by atoms with van der Waals surface area (Å²) in [6.45, 7) is 2.49. The molecule has 1 aliphatic rings. The molecule has 1 rings (SSSR count). The number of rotatable bonds is 7. The van der Waals surface area contributed by atoms with E-state index in [0.29, 0.717) is 18.9 Å². The van der Waals surface area contributed by atoms with Gasteiger partial charge in [-0.2, -0.15) is 13.2 Å². The molecule has 0 saturated heterocycles. The Hall–Kier alpha value is -0.290. The highest BCUT2D eigenvalue weighted by atomic mass is 19.4. The number of alkyl halides is 3. The minimum Gasteiger partial charge on any atom is -0.377 e. The van der Waals surface area contributed by atoms with Gasteiger partial charge in [-0.05, 0) is 38.5 Å². The van der Waals surface area contributed by atoms with Crippen molar-refractivity contribution in [2.75, 3.05) is 6.61 Å². The first-order chi connectivity index (χ1) is 8.94. The molecule has 1 saturated carbocycles. The van der Waals surface area contributed by atoms with Crippen LogP contribution in [0, 0.1) is 5.92 Å². The molecule has 0 radical (unpaired) electrons. The summed E-state index contributed by atoms with van der Waals surface area (Å²) in [5.41, 5.74) is 6.07. The quantitative estimate of drug-likeness (QED) is 0.764. The lowest BCUT2D eigenvalue weighted by Crippen LogP contribution is -2.43. The maximum absolute atomic E-state index is 12.1. The molecular weight excluding hydrogens is 255 g/mol. The Morgan fingerprint density at radius 1 is 1.21 bits per heavy atom. The molecule has 0 aromatic carbocycles. The van der Waals surface area contributed by atoms with Crippen molar-refractivity contribution in [2.45, 2.75) is 76.6 Å². The van der Waals surface area contributed by atoms with Crippen molar-refractivity contribution in [1.82, 2.24) is 0 Å². The molecule has 114 valence electrons. The molecule has 5 heteroatoms. The second kappa shape index (κ2) is 8.10. The molecule has 2 atom stereocenters. The van der Waals surface area contributed by atoms with E-state index in [0.717, 1.165) is 12.8 Å². The molecule has 0 aromatic rings. The van der Waals surface area contributed by atoms with Gasteiger partial charge in [-0.1, -0.05) is 19.3 Å². The predicted molar refractivity (Wildman–Crippen MR) is 69.9 cm³/mol. The normalized spacial score (nSPS) is 21.3. The maximum atomic E-state index is 12.1. The molecule has 0 heterocycles. The third-order valence-corrected chi connectivity index (χ3v) is 3.89. The third kappa shape index (κ3) is 6.61. The summed E-state index contributed by atoms with van der Waals surface area (Å²) in [6.07, 6.45) is 1.40. The Labute approximate surface area is 113 Å². The van der Waals surface area contributed by atoms with Crippen LogP contribution in [0.1, 0.15) is 58.3 Å². The molecule has 2 N–H and O–H groups in total. The Morgan fingerprint density at radius 3 is 2.37 bits per heavy atom. The summed E-state index contributed by atoms with van der Waals surface area (Å²) < 4.78 is 42.1. The van der Waals surface area contributed by atoms with E-state index in [2.05, 4.69) is 0 Å². The van der Waals surface area contributed by atoms with Crippen molar-refractivity contribution < 1.29 is 17.9 Å². The van der Waals surface area contributed by atoms with Crippen LogP contribution < -0.4 is 5.73 Å². The average Bonchev–Trinajstić information content (AvgIpc) is 2.35. The van der Waals surface area contributed by atoms with Crippen molar-refractivity contribution in [1.29, 1.82) is 0 Å². The van der Waals surface area contributed by atoms with Crippen LogP contribution in [0.2, 0.25) is 0 Å². The van der Waals surface area contributed by atoms with Crippen molar-refractivity contribution in [2.24, 2.45) is 11.7 Å². The van der Waals surface area contributed by atoms with Gasteiger partial charge in [0.05, 0.1) is 6.10 Å². The first-order valence-electron chi connectivity index (χ1n) is 7.38. The fraction of sp³-hybridized carbons (Fsp3) is 1.00. The van der Waals surface area contributed by atoms with Crippen molar-refractivity contribution in [3.8, 4) is 0 Å². The van der Waals surface area contributed by atoms with E-state index in [1.54, 1.807) is 0 Å². The second-order valence-corrected chi connectivity index (χ2v) is 5.49. The molecule has 19 heavy (non-hydrogen) atoms. The van der Waals surface area contributed by atoms with Gasteiger partial charge >= 0.3 is 6.18 Å². The number of nitrogens with two attached hydrogens (primary N) is 1. The predicted octanol–water partition coefficient (Wildman–Crippen LogP) is 4.03. The summed E-state index contributed by atoms with van der Waals surface area (Å²) in [7, 11) is 0. The van der Waals surface area contributed by atoms with E-state index in [1.807, 2.05) is 6.92 Å². The van der Waals surface area contributed by atoms with Gasteiger partial charge in [-0.15, -0.1) is 0 Å². The molecular formula is C14H26F3NO. The van der Waals surface area contributed by atoms with Crippen LogP contribution in [-0.4, -0.2) is 24.9 Å². The van der Waals surface area contributed by atoms with Gasteiger partial charge in [0.2, 0.25) is 0 Å². The second-order valence-electron chi connectivity index (χ2n) is 5.49. The van der Waals surface area contributed by atoms with Crippen LogP contribution >= 0.6 is 0 Å². The minimum atomic E-state index is -4.08. The average molecular weight is 281 g/mol. The highest BCUT2D eigenvalue weighted by molar-refractivity contribution is 4.83. The van der Waals surface area contributed by atoms with Gasteiger partial charge in [-0.25, -0.2) is 0 Å². The third-order valence-electron chi connectivity index (χ3n) is 3.89. The first-order valence-corrected chi connectivity index (χ1v) is 7.38. The van der Waals surface area contributed by atoms with Crippen molar-refractivity contribution >= 4 is 0 Å². The summed E-state index contributed by atoms with van der Waals surface area (Å²) in [5.74, 6) is 0.426. The zero-order valence-corrected chi connectivity index (χ0v) is 11.7. The van der Waals surface area contributed by atoms with E-state index < -0.39 is 12.6 Å². The lowest BCUT2D eigenvalue weighted by Gasteiger charge is -2.34. The Bertz CT molecular complexity index is 239. The van der Waals surface area contributed by atoms with Crippen LogP contribution in [0.4, 0.5) is 13.2 Å². The summed E-state index contributed by atoms with van der Waals surface area (Å²) in [5, 5.41) is 0. The molecule has 1 aliphatic carbocycles. The molecule has 0 spiro atoms. The van der Waals surface area contributed by atoms with E-state index in [4.69, 9.17) is 10.5 Å². The lowest BCUT2D eigenvalue weighted by atomic mass is 9.81. The maximum Gasteiger partial charge on any atom is 0.389 e. The number of halogens is 3. The minimum absolute atomic E-state index is 0.0708. The molecule has 2 unspecified atom stereocenters. The fourth-order valence-electron chi connectivity index (χ4n) is 2.97. The number of hydrogen-bond acceptors (Lipinski definition) is 2. The van der Waals surface area contributed by atoms with Crippen LogP contribution in [0.5, 0.6) is 0 Å². The van der Waals surface area contributed by atoms with E-state index in [-0.39, 0.29) is 18.6 Å². The van der Waals surface area contributed by atoms with Gasteiger partial charge < -0.3 is 10.5 Å². The number of hydrogen-bond donors (Lipinski definition) is 1. The molecule has 0 bridgehead atoms. The fourth-order valence-corrected chi connectivity index (χ4v) is 2.97. The topological polar surface area (TPSA) is 35.2 Å². The standard InChI is InChI=1S/C14H26F3NO/c1-2-19-13(11-7-4-3-5-8-11)12(18)9-6-10-14(15,16)17/h11-13H,2-10,18H2,1H3. The van der Waals surface area contributed by atoms with Gasteiger partial charge in [0.15, 0.2) is 0 Å². The molecule has 0 aromatic heterocycles. The van der Waals surface area contributed by atoms with Gasteiger partial charge in [-0.3, -0.25) is 0 Å². The van der Waals surface area contributed by atoms with Crippen molar-refractivity contribution in [3.05, 3.63) is 0 Å². The van der Waals surface area contributed by atoms with Crippen LogP contribution in [0.3, 0.4) is 0 Å². The van der Waals surface area contributed by atoms with Gasteiger partial charge in [0.25, 0.3) is 0 Å².